The Hall–Kier alpha value is -1.09. The number of fused-ring (bicyclic) bond motifs is 1. The highest BCUT2D eigenvalue weighted by atomic mass is 79.9. The fourth-order valence-electron chi connectivity index (χ4n) is 1.24. The molecule has 1 aromatic heterocycles. The molecule has 0 radical (unpaired) electrons. The lowest BCUT2D eigenvalue weighted by molar-refractivity contribution is 0.473. The summed E-state index contributed by atoms with van der Waals surface area (Å²) in [5.41, 5.74) is 1.87. The van der Waals surface area contributed by atoms with E-state index in [1.807, 2.05) is 25.1 Å². The normalized spacial score (nSPS) is 10.6. The second-order valence-electron chi connectivity index (χ2n) is 2.95. The molecule has 0 fully saturated rings. The van der Waals surface area contributed by atoms with Gasteiger partial charge in [-0.05, 0) is 41.1 Å². The average molecular weight is 238 g/mol. The average Bonchev–Trinajstić information content (AvgIpc) is 2.08. The van der Waals surface area contributed by atoms with E-state index in [0.29, 0.717) is 4.47 Å². The molecule has 1 N–H and O–H groups in total. The van der Waals surface area contributed by atoms with Crippen molar-refractivity contribution >= 4 is 26.8 Å². The van der Waals surface area contributed by atoms with Crippen LogP contribution in [-0.2, 0) is 0 Å². The molecular formula is C10H8BrNO. The summed E-state index contributed by atoms with van der Waals surface area (Å²) in [5.74, 6) is 0.248. The first-order valence-electron chi connectivity index (χ1n) is 3.93. The van der Waals surface area contributed by atoms with Crippen LogP contribution < -0.4 is 0 Å². The molecule has 0 aliphatic heterocycles. The highest BCUT2D eigenvalue weighted by Gasteiger charge is 2.01. The quantitative estimate of drug-likeness (QED) is 0.765. The summed E-state index contributed by atoms with van der Waals surface area (Å²) in [7, 11) is 0. The fourth-order valence-corrected chi connectivity index (χ4v) is 1.57. The maximum absolute atomic E-state index is 9.41. The van der Waals surface area contributed by atoms with Crippen LogP contribution in [0, 0.1) is 6.92 Å². The predicted molar refractivity (Wildman–Crippen MR) is 55.8 cm³/mol. The molecule has 1 aromatic carbocycles. The third-order valence-corrected chi connectivity index (χ3v) is 2.53. The first-order chi connectivity index (χ1) is 6.16. The van der Waals surface area contributed by atoms with Gasteiger partial charge in [-0.1, -0.05) is 6.07 Å². The highest BCUT2D eigenvalue weighted by molar-refractivity contribution is 9.10. The maximum Gasteiger partial charge on any atom is 0.130 e. The van der Waals surface area contributed by atoms with Gasteiger partial charge in [0.2, 0.25) is 0 Å². The molecule has 0 unspecified atom stereocenters. The molecule has 0 aliphatic rings. The first kappa shape index (κ1) is 8.51. The number of aromatic nitrogens is 1. The Morgan fingerprint density at radius 1 is 1.31 bits per heavy atom. The van der Waals surface area contributed by atoms with Gasteiger partial charge in [-0.15, -0.1) is 0 Å². The van der Waals surface area contributed by atoms with E-state index in [1.54, 1.807) is 6.07 Å². The van der Waals surface area contributed by atoms with Gasteiger partial charge in [0.1, 0.15) is 5.75 Å². The Morgan fingerprint density at radius 3 is 2.85 bits per heavy atom. The second kappa shape index (κ2) is 3.00. The molecule has 13 heavy (non-hydrogen) atoms. The number of rotatable bonds is 0. The zero-order valence-corrected chi connectivity index (χ0v) is 8.67. The number of aryl methyl sites for hydroxylation is 1. The van der Waals surface area contributed by atoms with Gasteiger partial charge in [-0.2, -0.15) is 0 Å². The van der Waals surface area contributed by atoms with E-state index in [2.05, 4.69) is 20.9 Å². The van der Waals surface area contributed by atoms with E-state index < -0.39 is 0 Å². The largest absolute Gasteiger partial charge is 0.507 e. The van der Waals surface area contributed by atoms with E-state index in [9.17, 15) is 5.11 Å². The summed E-state index contributed by atoms with van der Waals surface area (Å²) in [5, 5.41) is 10.4. The monoisotopic (exact) mass is 237 g/mol. The summed E-state index contributed by atoms with van der Waals surface area (Å²) in [6, 6.07) is 7.39. The number of phenols is 1. The molecule has 0 bridgehead atoms. The number of phenolic OH excluding ortho intramolecular Hbond substituents is 1. The van der Waals surface area contributed by atoms with Crippen LogP contribution in [0.2, 0.25) is 0 Å². The number of hydrogen-bond acceptors (Lipinski definition) is 2. The minimum atomic E-state index is 0.248. The molecule has 2 rings (SSSR count). The van der Waals surface area contributed by atoms with Crippen LogP contribution in [0.25, 0.3) is 10.9 Å². The van der Waals surface area contributed by atoms with Gasteiger partial charge in [0.25, 0.3) is 0 Å². The third-order valence-electron chi connectivity index (χ3n) is 1.90. The van der Waals surface area contributed by atoms with Crippen molar-refractivity contribution in [1.29, 1.82) is 0 Å². The summed E-state index contributed by atoms with van der Waals surface area (Å²) in [4.78, 5) is 4.34. The Labute approximate surface area is 84.4 Å². The van der Waals surface area contributed by atoms with E-state index in [0.717, 1.165) is 16.6 Å². The zero-order chi connectivity index (χ0) is 9.42. The van der Waals surface area contributed by atoms with Crippen molar-refractivity contribution in [2.75, 3.05) is 0 Å². The summed E-state index contributed by atoms with van der Waals surface area (Å²) in [6.07, 6.45) is 0. The van der Waals surface area contributed by atoms with Gasteiger partial charge in [0.05, 0.1) is 9.99 Å². The Balaban J connectivity index is 2.81. The van der Waals surface area contributed by atoms with Gasteiger partial charge >= 0.3 is 0 Å². The first-order valence-corrected chi connectivity index (χ1v) is 4.72. The predicted octanol–water partition coefficient (Wildman–Crippen LogP) is 3.01. The lowest BCUT2D eigenvalue weighted by atomic mass is 10.2. The minimum Gasteiger partial charge on any atom is -0.507 e. The van der Waals surface area contributed by atoms with Gasteiger partial charge in [0.15, 0.2) is 0 Å². The van der Waals surface area contributed by atoms with Gasteiger partial charge < -0.3 is 5.11 Å². The number of benzene rings is 1. The van der Waals surface area contributed by atoms with Crippen LogP contribution in [0.4, 0.5) is 0 Å². The van der Waals surface area contributed by atoms with Crippen molar-refractivity contribution in [2.45, 2.75) is 6.92 Å². The molecular weight excluding hydrogens is 230 g/mol. The topological polar surface area (TPSA) is 33.1 Å². The van der Waals surface area contributed by atoms with Crippen LogP contribution >= 0.6 is 15.9 Å². The summed E-state index contributed by atoms with van der Waals surface area (Å²) >= 11 is 3.25. The Kier molecular flexibility index (Phi) is 1.96. The standard InChI is InChI=1S/C10H8BrNO/c1-6-2-3-7-4-10(13)8(11)5-9(7)12-6/h2-5,13H,1H3. The molecule has 0 saturated heterocycles. The fraction of sp³-hybridized carbons (Fsp3) is 0.100. The van der Waals surface area contributed by atoms with E-state index in [4.69, 9.17) is 0 Å². The molecule has 2 nitrogen and oxygen atoms in total. The van der Waals surface area contributed by atoms with Crippen LogP contribution in [-0.4, -0.2) is 10.1 Å². The van der Waals surface area contributed by atoms with Crippen molar-refractivity contribution in [2.24, 2.45) is 0 Å². The van der Waals surface area contributed by atoms with Crippen molar-refractivity contribution in [1.82, 2.24) is 4.98 Å². The van der Waals surface area contributed by atoms with Crippen LogP contribution in [0.15, 0.2) is 28.7 Å². The molecule has 1 heterocycles. The van der Waals surface area contributed by atoms with Crippen LogP contribution in [0.5, 0.6) is 5.75 Å². The molecule has 0 atom stereocenters. The minimum absolute atomic E-state index is 0.248. The smallest absolute Gasteiger partial charge is 0.130 e. The number of pyridine rings is 1. The van der Waals surface area contributed by atoms with Gasteiger partial charge in [0, 0.05) is 11.1 Å². The SMILES string of the molecule is Cc1ccc2cc(O)c(Br)cc2n1. The van der Waals surface area contributed by atoms with E-state index >= 15 is 0 Å². The summed E-state index contributed by atoms with van der Waals surface area (Å²) in [6.45, 7) is 1.94. The molecule has 0 aliphatic carbocycles. The van der Waals surface area contributed by atoms with Crippen molar-refractivity contribution in [3.8, 4) is 5.75 Å². The number of nitrogens with zero attached hydrogens (tertiary/aromatic N) is 1. The van der Waals surface area contributed by atoms with Gasteiger partial charge in [-0.25, -0.2) is 0 Å². The lowest BCUT2D eigenvalue weighted by Crippen LogP contribution is -1.82. The zero-order valence-electron chi connectivity index (χ0n) is 7.08. The Bertz CT molecular complexity index is 468. The Morgan fingerprint density at radius 2 is 2.08 bits per heavy atom. The van der Waals surface area contributed by atoms with Crippen molar-refractivity contribution in [3.63, 3.8) is 0 Å². The molecule has 3 heteroatoms. The van der Waals surface area contributed by atoms with Crippen LogP contribution in [0.3, 0.4) is 0 Å². The molecule has 2 aromatic rings. The molecule has 0 spiro atoms. The third kappa shape index (κ3) is 1.52. The van der Waals surface area contributed by atoms with Crippen LogP contribution in [0.1, 0.15) is 5.69 Å². The highest BCUT2D eigenvalue weighted by Crippen LogP contribution is 2.28. The van der Waals surface area contributed by atoms with Crippen molar-refractivity contribution < 1.29 is 5.11 Å². The number of halogens is 1. The molecule has 0 amide bonds. The molecule has 0 saturated carbocycles. The lowest BCUT2D eigenvalue weighted by Gasteiger charge is -2.01. The maximum atomic E-state index is 9.41. The molecule has 66 valence electrons. The van der Waals surface area contributed by atoms with E-state index in [1.165, 1.54) is 0 Å². The van der Waals surface area contributed by atoms with Crippen molar-refractivity contribution in [3.05, 3.63) is 34.4 Å². The number of aromatic hydroxyl groups is 1. The number of hydrogen-bond donors (Lipinski definition) is 1. The summed E-state index contributed by atoms with van der Waals surface area (Å²) < 4.78 is 0.679. The van der Waals surface area contributed by atoms with Gasteiger partial charge in [-0.3, -0.25) is 4.98 Å². The second-order valence-corrected chi connectivity index (χ2v) is 3.80. The van der Waals surface area contributed by atoms with E-state index in [-0.39, 0.29) is 5.75 Å².